The fraction of sp³-hybridized carbons (Fsp3) is 0.433. The van der Waals surface area contributed by atoms with E-state index in [1.807, 2.05) is 13.1 Å². The molecule has 0 aromatic heterocycles. The first-order chi connectivity index (χ1) is 18.7. The number of hydrogen-bond acceptors (Lipinski definition) is 9. The van der Waals surface area contributed by atoms with Crippen molar-refractivity contribution in [3.8, 4) is 11.5 Å². The summed E-state index contributed by atoms with van der Waals surface area (Å²) in [5.41, 5.74) is 0.121. The monoisotopic (exact) mass is 533 g/mol. The Bertz CT molecular complexity index is 1390. The average molecular weight is 534 g/mol. The van der Waals surface area contributed by atoms with Crippen LogP contribution in [0.15, 0.2) is 54.3 Å². The predicted octanol–water partition coefficient (Wildman–Crippen LogP) is 2.87. The Kier molecular flexibility index (Phi) is 6.04. The SMILES string of the molecule is CC(=O)CCC(=O)O[C@H](C(=O)OC1=CC[C@@]2(O)[C@H]3Cc4ccc(O)c5c4[C@@]2(CCN3C)[C@H]1O5)c1ccccc1. The van der Waals surface area contributed by atoms with Crippen molar-refractivity contribution in [3.63, 3.8) is 0 Å². The summed E-state index contributed by atoms with van der Waals surface area (Å²) in [4.78, 5) is 39.6. The molecule has 39 heavy (non-hydrogen) atoms. The number of carbonyl (C=O) groups is 3. The van der Waals surface area contributed by atoms with Crippen LogP contribution in [0, 0.1) is 0 Å². The molecule has 2 aliphatic heterocycles. The van der Waals surface area contributed by atoms with Crippen LogP contribution >= 0.6 is 0 Å². The zero-order valence-corrected chi connectivity index (χ0v) is 21.9. The van der Waals surface area contributed by atoms with Gasteiger partial charge in [0.05, 0.1) is 17.4 Å². The van der Waals surface area contributed by atoms with Crippen molar-refractivity contribution in [1.82, 2.24) is 4.90 Å². The normalized spacial score (nSPS) is 28.9. The summed E-state index contributed by atoms with van der Waals surface area (Å²) in [6.07, 6.45) is 0.732. The van der Waals surface area contributed by atoms with E-state index in [0.29, 0.717) is 30.7 Å². The van der Waals surface area contributed by atoms with Crippen molar-refractivity contribution < 1.29 is 38.8 Å². The highest BCUT2D eigenvalue weighted by Crippen LogP contribution is 2.65. The van der Waals surface area contributed by atoms with Crippen molar-refractivity contribution in [2.75, 3.05) is 13.6 Å². The first-order valence-electron chi connectivity index (χ1n) is 13.3. The maximum absolute atomic E-state index is 13.6. The maximum Gasteiger partial charge on any atom is 0.357 e. The Morgan fingerprint density at radius 3 is 2.67 bits per heavy atom. The van der Waals surface area contributed by atoms with Crippen LogP contribution in [0.1, 0.15) is 55.4 Å². The summed E-state index contributed by atoms with van der Waals surface area (Å²) in [7, 11) is 2.00. The minimum absolute atomic E-state index is 0.0112. The molecule has 5 atom stereocenters. The van der Waals surface area contributed by atoms with Crippen LogP contribution in [0.25, 0.3) is 0 Å². The summed E-state index contributed by atoms with van der Waals surface area (Å²) >= 11 is 0. The Morgan fingerprint density at radius 2 is 1.92 bits per heavy atom. The number of benzene rings is 2. The number of ketones is 1. The molecule has 2 aromatic rings. The van der Waals surface area contributed by atoms with E-state index in [9.17, 15) is 24.6 Å². The molecule has 2 aliphatic carbocycles. The molecule has 1 spiro atoms. The van der Waals surface area contributed by atoms with Crippen LogP contribution in [0.2, 0.25) is 0 Å². The van der Waals surface area contributed by atoms with Gasteiger partial charge in [-0.15, -0.1) is 0 Å². The van der Waals surface area contributed by atoms with Gasteiger partial charge in [0, 0.05) is 30.0 Å². The molecule has 0 unspecified atom stereocenters. The lowest BCUT2D eigenvalue weighted by Gasteiger charge is -2.61. The maximum atomic E-state index is 13.6. The molecule has 0 radical (unpaired) electrons. The highest BCUT2D eigenvalue weighted by atomic mass is 16.6. The lowest BCUT2D eigenvalue weighted by Crippen LogP contribution is -2.74. The van der Waals surface area contributed by atoms with Gasteiger partial charge in [-0.2, -0.15) is 0 Å². The first-order valence-corrected chi connectivity index (χ1v) is 13.3. The second-order valence-electron chi connectivity index (χ2n) is 11.0. The van der Waals surface area contributed by atoms with Crippen molar-refractivity contribution in [2.45, 2.75) is 68.3 Å². The highest BCUT2D eigenvalue weighted by molar-refractivity contribution is 5.84. The van der Waals surface area contributed by atoms with E-state index in [1.54, 1.807) is 42.5 Å². The van der Waals surface area contributed by atoms with E-state index in [1.165, 1.54) is 6.92 Å². The number of nitrogens with zero attached hydrogens (tertiary/aromatic N) is 1. The molecule has 2 heterocycles. The second-order valence-corrected chi connectivity index (χ2v) is 11.0. The number of aromatic hydroxyl groups is 1. The quantitative estimate of drug-likeness (QED) is 0.517. The number of likely N-dealkylation sites (N-methyl/N-ethyl adjacent to an activating group) is 1. The van der Waals surface area contributed by atoms with Gasteiger partial charge in [0.25, 0.3) is 0 Å². The van der Waals surface area contributed by atoms with Crippen LogP contribution in [-0.4, -0.2) is 64.2 Å². The third-order valence-electron chi connectivity index (χ3n) is 8.82. The fourth-order valence-electron chi connectivity index (χ4n) is 6.96. The Morgan fingerprint density at radius 1 is 1.15 bits per heavy atom. The minimum Gasteiger partial charge on any atom is -0.504 e. The number of esters is 2. The van der Waals surface area contributed by atoms with Crippen molar-refractivity contribution in [1.29, 1.82) is 0 Å². The first kappa shape index (κ1) is 25.6. The molecule has 204 valence electrons. The molecule has 6 rings (SSSR count). The van der Waals surface area contributed by atoms with Gasteiger partial charge in [-0.3, -0.25) is 4.79 Å². The highest BCUT2D eigenvalue weighted by Gasteiger charge is 2.72. The van der Waals surface area contributed by atoms with E-state index in [4.69, 9.17) is 14.2 Å². The number of piperidine rings is 1. The van der Waals surface area contributed by atoms with Gasteiger partial charge in [0.1, 0.15) is 11.5 Å². The predicted molar refractivity (Wildman–Crippen MR) is 138 cm³/mol. The van der Waals surface area contributed by atoms with Gasteiger partial charge in [-0.25, -0.2) is 4.79 Å². The third kappa shape index (κ3) is 3.78. The number of phenols is 1. The number of likely N-dealkylation sites (tertiary alicyclic amines) is 1. The number of aliphatic hydroxyl groups is 1. The molecule has 0 amide bonds. The van der Waals surface area contributed by atoms with Crippen molar-refractivity contribution >= 4 is 17.7 Å². The number of Topliss-reactive ketones (excluding diaryl/α,β-unsaturated/α-hetero) is 1. The topological polar surface area (TPSA) is 123 Å². The molecular weight excluding hydrogens is 502 g/mol. The Hall–Kier alpha value is -3.69. The van der Waals surface area contributed by atoms with Gasteiger partial charge in [0.2, 0.25) is 6.10 Å². The zero-order chi connectivity index (χ0) is 27.5. The zero-order valence-electron chi connectivity index (χ0n) is 21.9. The Labute approximate surface area is 226 Å². The molecule has 9 heteroatoms. The second kappa shape index (κ2) is 9.20. The summed E-state index contributed by atoms with van der Waals surface area (Å²) in [6.45, 7) is 2.08. The molecule has 2 aromatic carbocycles. The number of carbonyl (C=O) groups excluding carboxylic acids is 3. The van der Waals surface area contributed by atoms with Crippen molar-refractivity contribution in [2.24, 2.45) is 0 Å². The van der Waals surface area contributed by atoms with E-state index in [0.717, 1.165) is 11.1 Å². The average Bonchev–Trinajstić information content (AvgIpc) is 3.28. The Balaban J connectivity index is 1.35. The van der Waals surface area contributed by atoms with Crippen LogP contribution in [0.3, 0.4) is 0 Å². The van der Waals surface area contributed by atoms with Crippen LogP contribution in [0.4, 0.5) is 0 Å². The van der Waals surface area contributed by atoms with E-state index in [2.05, 4.69) is 4.90 Å². The van der Waals surface area contributed by atoms with Gasteiger partial charge in [0.15, 0.2) is 17.6 Å². The lowest BCUT2D eigenvalue weighted by atomic mass is 9.50. The molecular formula is C30H31NO8. The van der Waals surface area contributed by atoms with Gasteiger partial charge < -0.3 is 34.1 Å². The number of ether oxygens (including phenoxy) is 3. The molecule has 4 aliphatic rings. The standard InChI is InChI=1S/C30H31NO8/c1-17(32)8-11-23(34)38-25(18-6-4-3-5-7-18)28(35)37-21-12-13-30(36)22-16-19-9-10-20(33)26-24(19)29(30,27(21)39-26)14-15-31(22)2/h3-7,9-10,12,22,25,27,33,36H,8,11,13-16H2,1-2H3/t22-,25+,27+,29+,30-/m1/s1. The molecule has 1 fully saturated rings. The largest absolute Gasteiger partial charge is 0.504 e. The smallest absolute Gasteiger partial charge is 0.357 e. The molecule has 1 saturated heterocycles. The van der Waals surface area contributed by atoms with Gasteiger partial charge in [-0.05, 0) is 51.1 Å². The number of phenolic OH excluding ortho intramolecular Hbond substituents is 1. The minimum atomic E-state index is -1.35. The van der Waals surface area contributed by atoms with E-state index < -0.39 is 35.2 Å². The molecule has 0 saturated carbocycles. The molecule has 2 N–H and O–H groups in total. The van der Waals surface area contributed by atoms with Crippen LogP contribution in [0.5, 0.6) is 11.5 Å². The van der Waals surface area contributed by atoms with Gasteiger partial charge >= 0.3 is 11.9 Å². The summed E-state index contributed by atoms with van der Waals surface area (Å²) < 4.78 is 17.8. The van der Waals surface area contributed by atoms with E-state index >= 15 is 0 Å². The van der Waals surface area contributed by atoms with Gasteiger partial charge in [-0.1, -0.05) is 36.4 Å². The summed E-state index contributed by atoms with van der Waals surface area (Å²) in [5, 5.41) is 23.0. The van der Waals surface area contributed by atoms with Crippen LogP contribution < -0.4 is 4.74 Å². The van der Waals surface area contributed by atoms with Crippen molar-refractivity contribution in [3.05, 3.63) is 71.0 Å². The number of hydrogen-bond donors (Lipinski definition) is 2. The fourth-order valence-corrected chi connectivity index (χ4v) is 6.96. The summed E-state index contributed by atoms with van der Waals surface area (Å²) in [5.74, 6) is -1.14. The molecule has 2 bridgehead atoms. The van der Waals surface area contributed by atoms with E-state index in [-0.39, 0.29) is 42.6 Å². The number of rotatable bonds is 7. The summed E-state index contributed by atoms with van der Waals surface area (Å²) in [6, 6.07) is 11.8. The lowest BCUT2D eigenvalue weighted by molar-refractivity contribution is -0.176. The third-order valence-corrected chi connectivity index (χ3v) is 8.82. The molecule has 9 nitrogen and oxygen atoms in total. The van der Waals surface area contributed by atoms with Crippen LogP contribution in [-0.2, 0) is 35.7 Å².